The number of carboxylic acid groups (broad SMARTS) is 3. The number of para-hydroxylation sites is 1. The molecule has 0 unspecified atom stereocenters. The minimum atomic E-state index is -1.01. The first-order valence-electron chi connectivity index (χ1n) is 15.1. The second-order valence-electron chi connectivity index (χ2n) is 12.7. The van der Waals surface area contributed by atoms with Gasteiger partial charge in [0.2, 0.25) is 5.69 Å². The number of fused-ring (bicyclic) bond motifs is 2. The lowest BCUT2D eigenvalue weighted by Gasteiger charge is -2.26. The summed E-state index contributed by atoms with van der Waals surface area (Å²) in [7, 11) is 0. The van der Waals surface area contributed by atoms with Crippen molar-refractivity contribution in [2.24, 2.45) is 0 Å². The summed E-state index contributed by atoms with van der Waals surface area (Å²) in [5.74, 6) is -2.77. The highest BCUT2D eigenvalue weighted by Crippen LogP contribution is 2.48. The zero-order chi connectivity index (χ0) is 32.7. The molecule has 0 amide bonds. The van der Waals surface area contributed by atoms with Crippen LogP contribution in [0.15, 0.2) is 88.6 Å². The van der Waals surface area contributed by atoms with Crippen molar-refractivity contribution in [1.29, 1.82) is 0 Å². The lowest BCUT2D eigenvalue weighted by Crippen LogP contribution is -2.28. The van der Waals surface area contributed by atoms with Crippen LogP contribution in [0.3, 0.4) is 0 Å². The minimum absolute atomic E-state index is 0.0219. The maximum atomic E-state index is 11.7. The molecule has 3 aliphatic rings. The Morgan fingerprint density at radius 2 is 1.60 bits per heavy atom. The van der Waals surface area contributed by atoms with Crippen molar-refractivity contribution in [1.82, 2.24) is 0 Å². The Morgan fingerprint density at radius 1 is 0.889 bits per heavy atom. The van der Waals surface area contributed by atoms with Gasteiger partial charge in [-0.25, -0.2) is 4.79 Å². The molecule has 8 nitrogen and oxygen atoms in total. The van der Waals surface area contributed by atoms with Crippen LogP contribution in [0.5, 0.6) is 0 Å². The summed E-state index contributed by atoms with van der Waals surface area (Å²) in [6, 6.07) is 13.1. The second-order valence-corrected chi connectivity index (χ2v) is 13.1. The number of carbonyl (C=O) groups is 3. The number of carboxylic acids is 3. The fourth-order valence-corrected chi connectivity index (χ4v) is 7.03. The smallest absolute Gasteiger partial charge is 0.335 e. The lowest BCUT2D eigenvalue weighted by molar-refractivity contribution is -0.436. The molecule has 2 aliphatic heterocycles. The van der Waals surface area contributed by atoms with Crippen LogP contribution in [-0.4, -0.2) is 56.6 Å². The molecule has 45 heavy (non-hydrogen) atoms. The number of allylic oxidation sites excluding steroid dienone is 8. The SMILES string of the molecule is CC1(C)C(=CC=C2CCC(C=CC3=[N+](CCC(=O)O)c4ccccc4C3(C)C)=C2Cl)N(CCC(=O)O)c2ccc(C(=O)O)cc21. The van der Waals surface area contributed by atoms with Crippen LogP contribution in [0, 0.1) is 0 Å². The molecule has 0 spiro atoms. The van der Waals surface area contributed by atoms with E-state index in [1.807, 2.05) is 55.2 Å². The van der Waals surface area contributed by atoms with Crippen molar-refractivity contribution in [2.45, 2.75) is 64.2 Å². The summed E-state index contributed by atoms with van der Waals surface area (Å²) < 4.78 is 2.09. The number of halogens is 1. The van der Waals surface area contributed by atoms with Crippen LogP contribution in [0.25, 0.3) is 0 Å². The Kier molecular flexibility index (Phi) is 8.64. The van der Waals surface area contributed by atoms with E-state index >= 15 is 0 Å². The third kappa shape index (κ3) is 5.99. The topological polar surface area (TPSA) is 118 Å². The van der Waals surface area contributed by atoms with Crippen molar-refractivity contribution < 1.29 is 34.3 Å². The second kappa shape index (κ2) is 12.2. The van der Waals surface area contributed by atoms with Crippen LogP contribution in [-0.2, 0) is 20.4 Å². The van der Waals surface area contributed by atoms with Crippen molar-refractivity contribution in [3.63, 3.8) is 0 Å². The van der Waals surface area contributed by atoms with E-state index in [0.29, 0.717) is 11.6 Å². The summed E-state index contributed by atoms with van der Waals surface area (Å²) in [6.45, 7) is 8.93. The summed E-state index contributed by atoms with van der Waals surface area (Å²) in [6.07, 6.45) is 9.49. The van der Waals surface area contributed by atoms with E-state index in [9.17, 15) is 29.7 Å². The Balaban J connectivity index is 1.48. The normalized spacial score (nSPS) is 20.1. The summed E-state index contributed by atoms with van der Waals surface area (Å²) >= 11 is 6.94. The molecule has 0 saturated carbocycles. The van der Waals surface area contributed by atoms with Gasteiger partial charge in [0, 0.05) is 46.1 Å². The molecule has 0 saturated heterocycles. The first-order valence-corrected chi connectivity index (χ1v) is 15.4. The number of hydrogen-bond donors (Lipinski definition) is 3. The molecule has 2 aromatic carbocycles. The number of aromatic carboxylic acids is 1. The number of rotatable bonds is 10. The third-order valence-electron chi connectivity index (χ3n) is 9.15. The fourth-order valence-electron chi connectivity index (χ4n) is 6.71. The average Bonchev–Trinajstić information content (AvgIpc) is 3.52. The highest BCUT2D eigenvalue weighted by atomic mass is 35.5. The van der Waals surface area contributed by atoms with E-state index in [-0.39, 0.29) is 30.4 Å². The van der Waals surface area contributed by atoms with E-state index in [4.69, 9.17) is 11.6 Å². The molecule has 3 N–H and O–H groups in total. The third-order valence-corrected chi connectivity index (χ3v) is 9.63. The molecule has 0 aromatic heterocycles. The van der Waals surface area contributed by atoms with Crippen LogP contribution in [0.2, 0.25) is 0 Å². The van der Waals surface area contributed by atoms with Gasteiger partial charge in [0.05, 0.1) is 17.4 Å². The van der Waals surface area contributed by atoms with Crippen LogP contribution in [0.1, 0.15) is 74.9 Å². The number of benzene rings is 2. The van der Waals surface area contributed by atoms with Gasteiger partial charge in [-0.05, 0) is 67.7 Å². The quantitative estimate of drug-likeness (QED) is 0.239. The first kappa shape index (κ1) is 32.0. The zero-order valence-corrected chi connectivity index (χ0v) is 26.7. The van der Waals surface area contributed by atoms with Gasteiger partial charge in [0.15, 0.2) is 12.3 Å². The van der Waals surface area contributed by atoms with E-state index in [0.717, 1.165) is 57.9 Å². The summed E-state index contributed by atoms with van der Waals surface area (Å²) in [5, 5.41) is 29.0. The van der Waals surface area contributed by atoms with Crippen molar-refractivity contribution in [2.75, 3.05) is 18.0 Å². The number of aliphatic carboxylic acids is 2. The Hall–Kier alpha value is -4.43. The molecular weight excluding hydrogens is 592 g/mol. The molecule has 9 heteroatoms. The minimum Gasteiger partial charge on any atom is -0.481 e. The first-order chi connectivity index (χ1) is 21.2. The molecule has 2 heterocycles. The van der Waals surface area contributed by atoms with Crippen molar-refractivity contribution in [3.8, 4) is 0 Å². The van der Waals surface area contributed by atoms with E-state index in [2.05, 4.69) is 30.6 Å². The highest BCUT2D eigenvalue weighted by Gasteiger charge is 2.44. The molecule has 0 fully saturated rings. The largest absolute Gasteiger partial charge is 0.481 e. The Labute approximate surface area is 268 Å². The number of nitrogens with zero attached hydrogens (tertiary/aromatic N) is 2. The van der Waals surface area contributed by atoms with Gasteiger partial charge >= 0.3 is 17.9 Å². The molecular formula is C36H38ClN2O6+. The van der Waals surface area contributed by atoms with Crippen LogP contribution >= 0.6 is 11.6 Å². The van der Waals surface area contributed by atoms with Crippen LogP contribution in [0.4, 0.5) is 11.4 Å². The predicted molar refractivity (Wildman–Crippen MR) is 175 cm³/mol. The molecule has 0 atom stereocenters. The molecule has 2 aromatic rings. The average molecular weight is 630 g/mol. The van der Waals surface area contributed by atoms with Gasteiger partial charge in [-0.3, -0.25) is 9.59 Å². The van der Waals surface area contributed by atoms with Gasteiger partial charge < -0.3 is 20.2 Å². The van der Waals surface area contributed by atoms with Crippen molar-refractivity contribution in [3.05, 3.63) is 105 Å². The standard InChI is InChI=1S/C36H37ClN2O6/c1-35(2)25-7-5-6-8-27(25)38(19-17-31(40)41)29(35)15-12-22-9-10-23(33(22)37)13-16-30-36(3,4)26-21-24(34(44)45)11-14-28(26)39(30)20-18-32(42)43/h5-8,11-16,21H,9-10,17-20H2,1-4H3,(H2-,40,41,42,43,44,45)/p+1. The summed E-state index contributed by atoms with van der Waals surface area (Å²) in [5.41, 5.74) is 6.95. The van der Waals surface area contributed by atoms with Gasteiger partial charge in [0.1, 0.15) is 6.42 Å². The van der Waals surface area contributed by atoms with E-state index < -0.39 is 23.3 Å². The van der Waals surface area contributed by atoms with E-state index in [1.165, 1.54) is 0 Å². The van der Waals surface area contributed by atoms with Gasteiger partial charge in [0.25, 0.3) is 0 Å². The zero-order valence-electron chi connectivity index (χ0n) is 25.9. The summed E-state index contributed by atoms with van der Waals surface area (Å²) in [4.78, 5) is 36.6. The molecule has 1 aliphatic carbocycles. The van der Waals surface area contributed by atoms with E-state index in [1.54, 1.807) is 18.2 Å². The monoisotopic (exact) mass is 629 g/mol. The lowest BCUT2D eigenvalue weighted by atomic mass is 9.81. The number of hydrogen-bond acceptors (Lipinski definition) is 4. The maximum Gasteiger partial charge on any atom is 0.335 e. The molecule has 0 bridgehead atoms. The molecule has 234 valence electrons. The van der Waals surface area contributed by atoms with Gasteiger partial charge in [-0.1, -0.05) is 55.8 Å². The fraction of sp³-hybridized carbons (Fsp3) is 0.333. The van der Waals surface area contributed by atoms with Crippen molar-refractivity contribution >= 4 is 46.6 Å². The van der Waals surface area contributed by atoms with Gasteiger partial charge in [-0.15, -0.1) is 0 Å². The Morgan fingerprint density at radius 3 is 2.29 bits per heavy atom. The molecule has 5 rings (SSSR count). The Bertz CT molecular complexity index is 1760. The number of anilines is 1. The molecule has 0 radical (unpaired) electrons. The highest BCUT2D eigenvalue weighted by molar-refractivity contribution is 6.33. The van der Waals surface area contributed by atoms with Gasteiger partial charge in [-0.2, -0.15) is 4.58 Å². The van der Waals surface area contributed by atoms with Crippen LogP contribution < -0.4 is 4.90 Å². The predicted octanol–water partition coefficient (Wildman–Crippen LogP) is 7.16. The maximum absolute atomic E-state index is 11.7.